The second-order valence-corrected chi connectivity index (χ2v) is 23.1. The number of fused-ring (bicyclic) bond motifs is 7. The Labute approximate surface area is 502 Å². The molecule has 0 aliphatic heterocycles. The molecule has 0 nitrogen and oxygen atoms in total. The van der Waals surface area contributed by atoms with E-state index in [0.717, 1.165) is 0 Å². The molecule has 0 heterocycles. The van der Waals surface area contributed by atoms with Gasteiger partial charge in [-0.2, -0.15) is 0 Å². The maximum Gasteiger partial charge on any atom is -0.0152 e. The van der Waals surface area contributed by atoms with E-state index >= 15 is 0 Å². The highest BCUT2D eigenvalue weighted by atomic mass is 14.1. The summed E-state index contributed by atoms with van der Waals surface area (Å²) in [5, 5.41) is 18.9. The molecule has 0 saturated heterocycles. The van der Waals surface area contributed by atoms with Crippen molar-refractivity contribution < 1.29 is 0 Å². The molecule has 0 unspecified atom stereocenters. The Bertz CT molecular complexity index is 4320. The summed E-state index contributed by atoms with van der Waals surface area (Å²) < 4.78 is 0. The van der Waals surface area contributed by atoms with Crippen molar-refractivity contribution >= 4 is 75.4 Å². The molecule has 0 fully saturated rings. The van der Waals surface area contributed by atoms with Gasteiger partial charge in [0.15, 0.2) is 0 Å². The number of aryl methyl sites for hydroxylation is 14. The zero-order chi connectivity index (χ0) is 59.9. The van der Waals surface area contributed by atoms with Crippen molar-refractivity contribution in [1.29, 1.82) is 0 Å². The number of benzene rings is 14. The van der Waals surface area contributed by atoms with Crippen LogP contribution in [0.3, 0.4) is 0 Å². The maximum atomic E-state index is 2.24. The van der Waals surface area contributed by atoms with Gasteiger partial charge < -0.3 is 0 Å². The first kappa shape index (κ1) is 61.0. The Morgan fingerprint density at radius 2 is 0.476 bits per heavy atom. The molecule has 0 aliphatic rings. The molecule has 0 aromatic heterocycles. The molecule has 0 N–H and O–H groups in total. The van der Waals surface area contributed by atoms with Crippen LogP contribution >= 0.6 is 0 Å². The summed E-state index contributed by atoms with van der Waals surface area (Å²) in [5.41, 5.74) is 18.9. The second kappa shape index (κ2) is 28.7. The van der Waals surface area contributed by atoms with Crippen molar-refractivity contribution in [2.45, 2.75) is 96.9 Å². The lowest BCUT2D eigenvalue weighted by atomic mass is 10.0. The number of hydrogen-bond acceptors (Lipinski definition) is 0. The van der Waals surface area contributed by atoms with Gasteiger partial charge >= 0.3 is 0 Å². The fraction of sp³-hybridized carbons (Fsp3) is 0.167. The zero-order valence-corrected chi connectivity index (χ0v) is 52.2. The molecule has 14 aromatic carbocycles. The predicted molar refractivity (Wildman–Crippen MR) is 374 cm³/mol. The molecule has 0 spiro atoms. The molecule has 0 bridgehead atoms. The Kier molecular flexibility index (Phi) is 20.9. The zero-order valence-electron chi connectivity index (χ0n) is 52.2. The molecule has 0 saturated carbocycles. The Morgan fingerprint density at radius 1 is 0.143 bits per heavy atom. The summed E-state index contributed by atoms with van der Waals surface area (Å²) in [6, 6.07) is 90.8. The van der Waals surface area contributed by atoms with Crippen LogP contribution in [0, 0.1) is 96.9 Å². The molecule has 14 rings (SSSR count). The van der Waals surface area contributed by atoms with Crippen LogP contribution in [0.4, 0.5) is 0 Å². The van der Waals surface area contributed by atoms with Gasteiger partial charge in [-0.3, -0.25) is 0 Å². The van der Waals surface area contributed by atoms with Crippen LogP contribution in [0.15, 0.2) is 255 Å². The highest BCUT2D eigenvalue weighted by Gasteiger charge is 2.01. The summed E-state index contributed by atoms with van der Waals surface area (Å²) in [4.78, 5) is 0. The van der Waals surface area contributed by atoms with E-state index in [9.17, 15) is 0 Å². The smallest absolute Gasteiger partial charge is 0.0152 e. The Hall–Kier alpha value is -9.10. The van der Waals surface area contributed by atoms with Gasteiger partial charge in [-0.1, -0.05) is 288 Å². The topological polar surface area (TPSA) is 0 Å². The monoisotopic (exact) mass is 1090 g/mol. The lowest BCUT2D eigenvalue weighted by molar-refractivity contribution is 1.37. The van der Waals surface area contributed by atoms with Crippen LogP contribution < -0.4 is 0 Å². The first-order valence-corrected chi connectivity index (χ1v) is 29.6. The highest BCUT2D eigenvalue weighted by Crippen LogP contribution is 2.25. The van der Waals surface area contributed by atoms with Crippen molar-refractivity contribution in [3.8, 4) is 0 Å². The van der Waals surface area contributed by atoms with Crippen molar-refractivity contribution in [2.24, 2.45) is 0 Å². The SMILES string of the molecule is Cc1cc(C)c2ccccc2c1.Cc1cc2ccccc2cc1C.Cc1ccc2cc(C)ccc2c1.Cc1ccc2ccc(C)cc2c1.Cc1ccc2cccc(C)c2c1.Cc1ccc2ccccc2c1C.Cc1cccc2c(C)cccc12. The van der Waals surface area contributed by atoms with Gasteiger partial charge in [-0.25, -0.2) is 0 Å². The second-order valence-electron chi connectivity index (χ2n) is 23.1. The van der Waals surface area contributed by atoms with Crippen LogP contribution in [0.5, 0.6) is 0 Å². The third-order valence-electron chi connectivity index (χ3n) is 16.0. The van der Waals surface area contributed by atoms with Crippen LogP contribution in [-0.2, 0) is 0 Å². The van der Waals surface area contributed by atoms with Crippen LogP contribution in [-0.4, -0.2) is 0 Å². The van der Waals surface area contributed by atoms with E-state index in [1.165, 1.54) is 153 Å². The number of rotatable bonds is 0. The first-order chi connectivity index (χ1) is 40.4. The molecule has 14 aromatic rings. The Balaban J connectivity index is 0.000000128. The summed E-state index contributed by atoms with van der Waals surface area (Å²) in [7, 11) is 0. The van der Waals surface area contributed by atoms with Gasteiger partial charge in [0.2, 0.25) is 0 Å². The van der Waals surface area contributed by atoms with Crippen LogP contribution in [0.25, 0.3) is 75.4 Å². The maximum absolute atomic E-state index is 2.24. The Morgan fingerprint density at radius 3 is 1.00 bits per heavy atom. The van der Waals surface area contributed by atoms with Crippen molar-refractivity contribution in [3.63, 3.8) is 0 Å². The fourth-order valence-corrected chi connectivity index (χ4v) is 10.8. The molecular formula is C84H84. The summed E-state index contributed by atoms with van der Waals surface area (Å²) >= 11 is 0. The van der Waals surface area contributed by atoms with Gasteiger partial charge in [-0.15, -0.1) is 0 Å². The molecule has 0 aliphatic carbocycles. The van der Waals surface area contributed by atoms with Crippen LogP contribution in [0.1, 0.15) is 77.9 Å². The van der Waals surface area contributed by atoms with Crippen molar-refractivity contribution in [1.82, 2.24) is 0 Å². The molecule has 84 heavy (non-hydrogen) atoms. The van der Waals surface area contributed by atoms with Gasteiger partial charge in [0, 0.05) is 0 Å². The largest absolute Gasteiger partial charge is 0.0616 e. The highest BCUT2D eigenvalue weighted by molar-refractivity contribution is 5.90. The van der Waals surface area contributed by atoms with E-state index in [2.05, 4.69) is 352 Å². The van der Waals surface area contributed by atoms with Gasteiger partial charge in [0.05, 0.1) is 0 Å². The third-order valence-corrected chi connectivity index (χ3v) is 16.0. The lowest BCUT2D eigenvalue weighted by Gasteiger charge is -2.04. The average molecular weight is 1090 g/mol. The minimum Gasteiger partial charge on any atom is -0.0616 e. The van der Waals surface area contributed by atoms with E-state index in [-0.39, 0.29) is 0 Å². The van der Waals surface area contributed by atoms with Crippen molar-refractivity contribution in [2.75, 3.05) is 0 Å². The van der Waals surface area contributed by atoms with Gasteiger partial charge in [0.25, 0.3) is 0 Å². The van der Waals surface area contributed by atoms with E-state index in [1.807, 2.05) is 0 Å². The molecule has 0 atom stereocenters. The fourth-order valence-electron chi connectivity index (χ4n) is 10.8. The third kappa shape index (κ3) is 16.3. The molecule has 0 heteroatoms. The molecular weight excluding hydrogens is 1010 g/mol. The van der Waals surface area contributed by atoms with E-state index in [1.54, 1.807) is 0 Å². The summed E-state index contributed by atoms with van der Waals surface area (Å²) in [5.74, 6) is 0. The quantitative estimate of drug-likeness (QED) is 0.142. The average Bonchev–Trinajstić information content (AvgIpc) is 3.51. The minimum atomic E-state index is 1.33. The number of hydrogen-bond donors (Lipinski definition) is 0. The van der Waals surface area contributed by atoms with Crippen LogP contribution in [0.2, 0.25) is 0 Å². The predicted octanol–water partition coefficient (Wildman–Crippen LogP) is 24.2. The van der Waals surface area contributed by atoms with Crippen molar-refractivity contribution in [3.05, 3.63) is 333 Å². The van der Waals surface area contributed by atoms with Gasteiger partial charge in [0.1, 0.15) is 0 Å². The minimum absolute atomic E-state index is 1.33. The summed E-state index contributed by atoms with van der Waals surface area (Å²) in [6.07, 6.45) is 0. The van der Waals surface area contributed by atoms with Gasteiger partial charge in [-0.05, 0) is 217 Å². The standard InChI is InChI=1S/7C12H12/c1-9-3-5-12-8-10(2)4-6-11(12)7-9;1-9-3-5-11-6-4-10(2)8-12(11)7-9;1-9-5-3-8-12-10(2)6-4-7-11(9)12;1-9-6-7-11-5-3-4-10(2)12(11)8-9;1-9-7-11-5-3-4-6-12(11)8-10(9)2;1-9-7-10(2)12-6-4-3-5-11(12)8-9;1-9-7-8-11-5-3-4-6-12(11)10(9)2/h7*3-8H,1-2H3. The van der Waals surface area contributed by atoms with E-state index in [0.29, 0.717) is 0 Å². The summed E-state index contributed by atoms with van der Waals surface area (Å²) in [6.45, 7) is 30.0. The normalized spacial score (nSPS) is 10.5. The molecule has 420 valence electrons. The van der Waals surface area contributed by atoms with E-state index in [4.69, 9.17) is 0 Å². The van der Waals surface area contributed by atoms with E-state index < -0.39 is 0 Å². The first-order valence-electron chi connectivity index (χ1n) is 29.6. The molecule has 0 amide bonds. The molecule has 0 radical (unpaired) electrons. The lowest BCUT2D eigenvalue weighted by Crippen LogP contribution is -1.82.